The highest BCUT2D eigenvalue weighted by atomic mass is 79.9. The van der Waals surface area contributed by atoms with Gasteiger partial charge in [-0.15, -0.1) is 0 Å². The smallest absolute Gasteiger partial charge is 0.330 e. The van der Waals surface area contributed by atoms with E-state index in [9.17, 15) is 19.0 Å². The number of alkyl halides is 3. The van der Waals surface area contributed by atoms with Crippen LogP contribution in [-0.4, -0.2) is 22.2 Å². The third kappa shape index (κ3) is 2.79. The molecule has 1 aromatic carbocycles. The summed E-state index contributed by atoms with van der Waals surface area (Å²) < 4.78 is 30.1. The topological polar surface area (TPSA) is 49.7 Å². The molecule has 0 heterocycles. The first-order valence-corrected chi connectivity index (χ1v) is 4.77. The van der Waals surface area contributed by atoms with Crippen molar-refractivity contribution in [2.75, 3.05) is 7.11 Å². The Labute approximate surface area is 93.4 Å². The normalized spacial score (nSPS) is 13.7. The van der Waals surface area contributed by atoms with Crippen molar-refractivity contribution < 1.29 is 23.7 Å². The molecule has 0 bridgehead atoms. The number of phenols is 1. The van der Waals surface area contributed by atoms with Gasteiger partial charge in [-0.3, -0.25) is 0 Å². The first kappa shape index (κ1) is 12.2. The van der Waals surface area contributed by atoms with Gasteiger partial charge in [-0.2, -0.15) is 8.78 Å². The molecule has 0 aliphatic rings. The first-order valence-electron chi connectivity index (χ1n) is 3.98. The number of aromatic hydroxyl groups is 1. The third-order valence-corrected chi connectivity index (χ3v) is 2.26. The monoisotopic (exact) mass is 282 g/mol. The number of aliphatic hydroxyl groups excluding tert-OH is 1. The second kappa shape index (κ2) is 4.32. The Hall–Kier alpha value is -0.880. The van der Waals surface area contributed by atoms with E-state index in [0.29, 0.717) is 0 Å². The molecule has 0 aromatic heterocycles. The molecule has 0 radical (unpaired) electrons. The zero-order valence-electron chi connectivity index (χ0n) is 7.75. The number of hydrogen-bond acceptors (Lipinski definition) is 3. The van der Waals surface area contributed by atoms with Crippen LogP contribution in [0.1, 0.15) is 11.7 Å². The van der Waals surface area contributed by atoms with Gasteiger partial charge < -0.3 is 14.9 Å². The minimum atomic E-state index is -3.44. The Morgan fingerprint density at radius 2 is 2.07 bits per heavy atom. The standard InChI is InChI=1S/C9H9BrF2O3/c1-15-7-3-2-5(4-6(7)13)8(14)9(10,11)12/h2-4,8,13-14H,1H3. The molecule has 6 heteroatoms. The molecule has 1 unspecified atom stereocenters. The van der Waals surface area contributed by atoms with Crippen molar-refractivity contribution in [1.29, 1.82) is 0 Å². The van der Waals surface area contributed by atoms with Gasteiger partial charge in [-0.1, -0.05) is 6.07 Å². The maximum absolute atomic E-state index is 12.7. The van der Waals surface area contributed by atoms with Crippen molar-refractivity contribution in [2.24, 2.45) is 0 Å². The summed E-state index contributed by atoms with van der Waals surface area (Å²) in [5.41, 5.74) is -0.102. The predicted molar refractivity (Wildman–Crippen MR) is 53.5 cm³/mol. The van der Waals surface area contributed by atoms with Crippen LogP contribution in [0, 0.1) is 0 Å². The molecule has 1 rings (SSSR count). The van der Waals surface area contributed by atoms with Crippen LogP contribution in [0.2, 0.25) is 0 Å². The fraction of sp³-hybridized carbons (Fsp3) is 0.333. The highest BCUT2D eigenvalue weighted by molar-refractivity contribution is 9.10. The quantitative estimate of drug-likeness (QED) is 0.838. The highest BCUT2D eigenvalue weighted by Gasteiger charge is 2.36. The number of benzene rings is 1. The molecule has 0 amide bonds. The molecular weight excluding hydrogens is 274 g/mol. The van der Waals surface area contributed by atoms with E-state index in [1.807, 2.05) is 15.9 Å². The summed E-state index contributed by atoms with van der Waals surface area (Å²) in [5.74, 6) is -0.144. The van der Waals surface area contributed by atoms with Gasteiger partial charge in [-0.25, -0.2) is 0 Å². The molecule has 15 heavy (non-hydrogen) atoms. The van der Waals surface area contributed by atoms with Gasteiger partial charge in [0.05, 0.1) is 7.11 Å². The Bertz CT molecular complexity index is 352. The van der Waals surface area contributed by atoms with Crippen LogP contribution in [0.5, 0.6) is 11.5 Å². The van der Waals surface area contributed by atoms with Crippen molar-refractivity contribution in [3.8, 4) is 11.5 Å². The number of phenolic OH excluding ortho intramolecular Hbond substituents is 1. The molecule has 0 spiro atoms. The van der Waals surface area contributed by atoms with Crippen LogP contribution < -0.4 is 4.74 Å². The van der Waals surface area contributed by atoms with Crippen LogP contribution in [0.4, 0.5) is 8.78 Å². The minimum absolute atomic E-state index is 0.102. The van der Waals surface area contributed by atoms with Crippen LogP contribution >= 0.6 is 15.9 Å². The number of methoxy groups -OCH3 is 1. The molecule has 0 aliphatic carbocycles. The summed E-state index contributed by atoms with van der Waals surface area (Å²) in [6.45, 7) is 0. The summed E-state index contributed by atoms with van der Waals surface area (Å²) >= 11 is 2.04. The van der Waals surface area contributed by atoms with Gasteiger partial charge in [0.1, 0.15) is 0 Å². The molecule has 0 saturated carbocycles. The molecular formula is C9H9BrF2O3. The maximum atomic E-state index is 12.7. The lowest BCUT2D eigenvalue weighted by atomic mass is 10.1. The summed E-state index contributed by atoms with van der Waals surface area (Å²) in [6.07, 6.45) is -2.02. The second-order valence-corrected chi connectivity index (χ2v) is 3.93. The largest absolute Gasteiger partial charge is 0.504 e. The zero-order chi connectivity index (χ0) is 11.6. The molecule has 1 atom stereocenters. The SMILES string of the molecule is COc1ccc(C(O)C(F)(F)Br)cc1O. The fourth-order valence-electron chi connectivity index (χ4n) is 1.07. The van der Waals surface area contributed by atoms with E-state index in [4.69, 9.17) is 4.74 Å². The molecule has 0 saturated heterocycles. The van der Waals surface area contributed by atoms with Crippen molar-refractivity contribution >= 4 is 15.9 Å². The number of rotatable bonds is 3. The van der Waals surface area contributed by atoms with E-state index >= 15 is 0 Å². The highest BCUT2D eigenvalue weighted by Crippen LogP contribution is 2.39. The lowest BCUT2D eigenvalue weighted by Gasteiger charge is -2.17. The van der Waals surface area contributed by atoms with Crippen molar-refractivity contribution in [2.45, 2.75) is 10.9 Å². The Morgan fingerprint density at radius 3 is 2.47 bits per heavy atom. The van der Waals surface area contributed by atoms with Gasteiger partial charge in [0.15, 0.2) is 17.6 Å². The Morgan fingerprint density at radius 1 is 1.47 bits per heavy atom. The van der Waals surface area contributed by atoms with Crippen LogP contribution in [-0.2, 0) is 0 Å². The summed E-state index contributed by atoms with van der Waals surface area (Å²) in [5, 5.41) is 18.5. The average Bonchev–Trinajstić information content (AvgIpc) is 2.15. The van der Waals surface area contributed by atoms with E-state index in [2.05, 4.69) is 0 Å². The maximum Gasteiger partial charge on any atom is 0.330 e. The number of halogens is 3. The van der Waals surface area contributed by atoms with E-state index in [-0.39, 0.29) is 17.1 Å². The molecule has 84 valence electrons. The van der Waals surface area contributed by atoms with Gasteiger partial charge in [-0.05, 0) is 33.6 Å². The molecule has 2 N–H and O–H groups in total. The summed E-state index contributed by atoms with van der Waals surface area (Å²) in [4.78, 5) is -3.44. The molecule has 3 nitrogen and oxygen atoms in total. The minimum Gasteiger partial charge on any atom is -0.504 e. The first-order chi connectivity index (χ1) is 6.86. The van der Waals surface area contributed by atoms with E-state index in [1.54, 1.807) is 0 Å². The number of ether oxygens (including phenoxy) is 1. The predicted octanol–water partition coefficient (Wildman–Crippen LogP) is 2.42. The Kier molecular flexibility index (Phi) is 3.51. The average molecular weight is 283 g/mol. The fourth-order valence-corrected chi connectivity index (χ4v) is 1.33. The van der Waals surface area contributed by atoms with Crippen molar-refractivity contribution in [3.63, 3.8) is 0 Å². The van der Waals surface area contributed by atoms with Crippen molar-refractivity contribution in [1.82, 2.24) is 0 Å². The second-order valence-electron chi connectivity index (χ2n) is 2.88. The lowest BCUT2D eigenvalue weighted by Crippen LogP contribution is -2.18. The van der Waals surface area contributed by atoms with E-state index in [0.717, 1.165) is 6.07 Å². The summed E-state index contributed by atoms with van der Waals surface area (Å²) in [6, 6.07) is 3.57. The molecule has 0 fully saturated rings. The number of hydrogen-bond donors (Lipinski definition) is 2. The van der Waals surface area contributed by atoms with Crippen molar-refractivity contribution in [3.05, 3.63) is 23.8 Å². The van der Waals surface area contributed by atoms with Gasteiger partial charge >= 0.3 is 4.83 Å². The Balaban J connectivity index is 3.02. The molecule has 1 aromatic rings. The van der Waals surface area contributed by atoms with Gasteiger partial charge in [0, 0.05) is 0 Å². The van der Waals surface area contributed by atoms with Crippen LogP contribution in [0.25, 0.3) is 0 Å². The summed E-state index contributed by atoms with van der Waals surface area (Å²) in [7, 11) is 1.34. The van der Waals surface area contributed by atoms with Gasteiger partial charge in [0.25, 0.3) is 0 Å². The van der Waals surface area contributed by atoms with E-state index < -0.39 is 10.9 Å². The third-order valence-electron chi connectivity index (χ3n) is 1.83. The van der Waals surface area contributed by atoms with Gasteiger partial charge in [0.2, 0.25) is 0 Å². The number of aliphatic hydroxyl groups is 1. The van der Waals surface area contributed by atoms with E-state index in [1.165, 1.54) is 19.2 Å². The zero-order valence-corrected chi connectivity index (χ0v) is 9.33. The van der Waals surface area contributed by atoms with Crippen LogP contribution in [0.3, 0.4) is 0 Å². The molecule has 0 aliphatic heterocycles. The lowest BCUT2D eigenvalue weighted by molar-refractivity contribution is -0.0295. The van der Waals surface area contributed by atoms with Crippen LogP contribution in [0.15, 0.2) is 18.2 Å².